The van der Waals surface area contributed by atoms with Gasteiger partial charge in [0, 0.05) is 11.9 Å². The Hall–Kier alpha value is -1.40. The second-order valence-corrected chi connectivity index (χ2v) is 5.78. The molecule has 2 unspecified atom stereocenters. The predicted molar refractivity (Wildman–Crippen MR) is 76.7 cm³/mol. The van der Waals surface area contributed by atoms with Crippen LogP contribution in [-0.2, 0) is 9.59 Å². The lowest BCUT2D eigenvalue weighted by molar-refractivity contribution is -0.129. The first-order chi connectivity index (χ1) is 8.95. The molecule has 1 rings (SSSR count). The van der Waals surface area contributed by atoms with Gasteiger partial charge in [-0.2, -0.15) is 0 Å². The van der Waals surface area contributed by atoms with Crippen LogP contribution in [0.5, 0.6) is 0 Å². The molecule has 0 spiro atoms. The van der Waals surface area contributed by atoms with Gasteiger partial charge in [-0.3, -0.25) is 9.59 Å². The summed E-state index contributed by atoms with van der Waals surface area (Å²) in [5.41, 5.74) is 5.87. The maximum Gasteiger partial charge on any atom is 0.242 e. The molecular weight excluding hydrogens is 262 g/mol. The highest BCUT2D eigenvalue weighted by Gasteiger charge is 2.24. The average Bonchev–Trinajstić information content (AvgIpc) is 2.89. The smallest absolute Gasteiger partial charge is 0.242 e. The SMILES string of the molecule is CNC(=O)C(CC(C)C)NC(=O)C(N)c1cccs1. The number of thiophene rings is 1. The fourth-order valence-corrected chi connectivity index (χ4v) is 2.46. The van der Waals surface area contributed by atoms with Crippen LogP contribution in [0.2, 0.25) is 0 Å². The Morgan fingerprint density at radius 1 is 1.37 bits per heavy atom. The topological polar surface area (TPSA) is 84.2 Å². The van der Waals surface area contributed by atoms with Gasteiger partial charge < -0.3 is 16.4 Å². The van der Waals surface area contributed by atoms with Crippen LogP contribution in [0.1, 0.15) is 31.2 Å². The molecule has 106 valence electrons. The van der Waals surface area contributed by atoms with E-state index in [0.29, 0.717) is 12.3 Å². The van der Waals surface area contributed by atoms with Gasteiger partial charge in [0.25, 0.3) is 0 Å². The lowest BCUT2D eigenvalue weighted by atomic mass is 10.0. The molecule has 0 aliphatic rings. The van der Waals surface area contributed by atoms with Crippen molar-refractivity contribution in [2.75, 3.05) is 7.05 Å². The van der Waals surface area contributed by atoms with Gasteiger partial charge >= 0.3 is 0 Å². The highest BCUT2D eigenvalue weighted by molar-refractivity contribution is 7.10. The quantitative estimate of drug-likeness (QED) is 0.729. The van der Waals surface area contributed by atoms with E-state index in [9.17, 15) is 9.59 Å². The van der Waals surface area contributed by atoms with E-state index in [0.717, 1.165) is 4.88 Å². The van der Waals surface area contributed by atoms with E-state index in [1.165, 1.54) is 11.3 Å². The summed E-state index contributed by atoms with van der Waals surface area (Å²) in [4.78, 5) is 24.6. The van der Waals surface area contributed by atoms with Gasteiger partial charge in [0.1, 0.15) is 12.1 Å². The molecule has 0 aromatic carbocycles. The first kappa shape index (κ1) is 15.7. The van der Waals surface area contributed by atoms with E-state index in [1.807, 2.05) is 31.4 Å². The molecule has 2 atom stereocenters. The molecule has 0 fully saturated rings. The number of nitrogens with two attached hydrogens (primary N) is 1. The number of hydrogen-bond acceptors (Lipinski definition) is 4. The minimum Gasteiger partial charge on any atom is -0.357 e. The van der Waals surface area contributed by atoms with Crippen LogP contribution in [0.4, 0.5) is 0 Å². The Morgan fingerprint density at radius 2 is 2.05 bits per heavy atom. The summed E-state index contributed by atoms with van der Waals surface area (Å²) >= 11 is 1.43. The van der Waals surface area contributed by atoms with Gasteiger partial charge in [0.15, 0.2) is 0 Å². The van der Waals surface area contributed by atoms with Gasteiger partial charge in [0.05, 0.1) is 0 Å². The fraction of sp³-hybridized carbons (Fsp3) is 0.538. The van der Waals surface area contributed by atoms with Crippen LogP contribution >= 0.6 is 11.3 Å². The highest BCUT2D eigenvalue weighted by Crippen LogP contribution is 2.17. The van der Waals surface area contributed by atoms with Gasteiger partial charge in [0.2, 0.25) is 11.8 Å². The van der Waals surface area contributed by atoms with Crippen molar-refractivity contribution in [1.29, 1.82) is 0 Å². The molecule has 1 aromatic rings. The zero-order valence-corrected chi connectivity index (χ0v) is 12.3. The minimum atomic E-state index is -0.723. The molecule has 0 bridgehead atoms. The summed E-state index contributed by atoms with van der Waals surface area (Å²) in [6.45, 7) is 4.00. The van der Waals surface area contributed by atoms with E-state index in [-0.39, 0.29) is 11.8 Å². The van der Waals surface area contributed by atoms with Crippen molar-refractivity contribution >= 4 is 23.2 Å². The Bertz CT molecular complexity index is 418. The predicted octanol–water partition coefficient (Wildman–Crippen LogP) is 1.02. The van der Waals surface area contributed by atoms with Crippen molar-refractivity contribution in [1.82, 2.24) is 10.6 Å². The Morgan fingerprint density at radius 3 is 2.53 bits per heavy atom. The molecule has 4 N–H and O–H groups in total. The Kier molecular flexibility index (Phi) is 5.98. The highest BCUT2D eigenvalue weighted by atomic mass is 32.1. The number of hydrogen-bond donors (Lipinski definition) is 3. The van der Waals surface area contributed by atoms with Crippen LogP contribution in [0.3, 0.4) is 0 Å². The van der Waals surface area contributed by atoms with Gasteiger partial charge in [-0.05, 0) is 23.8 Å². The van der Waals surface area contributed by atoms with Crippen molar-refractivity contribution in [2.24, 2.45) is 11.7 Å². The molecule has 6 heteroatoms. The van der Waals surface area contributed by atoms with Crippen molar-refractivity contribution in [3.8, 4) is 0 Å². The molecular formula is C13H21N3O2S. The molecule has 0 aliphatic heterocycles. The molecule has 0 radical (unpaired) electrons. The summed E-state index contributed by atoms with van der Waals surface area (Å²) < 4.78 is 0. The van der Waals surface area contributed by atoms with Crippen LogP contribution in [0, 0.1) is 5.92 Å². The third-order valence-corrected chi connectivity index (χ3v) is 3.67. The lowest BCUT2D eigenvalue weighted by Gasteiger charge is -2.21. The maximum absolute atomic E-state index is 12.0. The molecule has 2 amide bonds. The van der Waals surface area contributed by atoms with Gasteiger partial charge in [-0.25, -0.2) is 0 Å². The first-order valence-corrected chi connectivity index (χ1v) is 7.14. The zero-order valence-electron chi connectivity index (χ0n) is 11.5. The van der Waals surface area contributed by atoms with E-state index < -0.39 is 12.1 Å². The van der Waals surface area contributed by atoms with E-state index in [2.05, 4.69) is 10.6 Å². The number of carbonyl (C=O) groups excluding carboxylic acids is 2. The summed E-state index contributed by atoms with van der Waals surface area (Å²) in [6, 6.07) is 2.40. The lowest BCUT2D eigenvalue weighted by Crippen LogP contribution is -2.48. The van der Waals surface area contributed by atoms with Gasteiger partial charge in [-0.15, -0.1) is 11.3 Å². The van der Waals surface area contributed by atoms with Crippen molar-refractivity contribution in [2.45, 2.75) is 32.4 Å². The van der Waals surface area contributed by atoms with E-state index in [4.69, 9.17) is 5.73 Å². The normalized spacial score (nSPS) is 13.9. The second kappa shape index (κ2) is 7.25. The average molecular weight is 283 g/mol. The monoisotopic (exact) mass is 283 g/mol. The molecule has 0 saturated carbocycles. The number of rotatable bonds is 6. The maximum atomic E-state index is 12.0. The third-order valence-electron chi connectivity index (χ3n) is 2.72. The number of carbonyl (C=O) groups is 2. The molecule has 0 saturated heterocycles. The fourth-order valence-electron chi connectivity index (χ4n) is 1.74. The zero-order chi connectivity index (χ0) is 14.4. The standard InChI is InChI=1S/C13H21N3O2S/c1-8(2)7-9(12(17)15-3)16-13(18)11(14)10-5-4-6-19-10/h4-6,8-9,11H,7,14H2,1-3H3,(H,15,17)(H,16,18). The number of likely N-dealkylation sites (N-methyl/N-ethyl adjacent to an activating group) is 1. The summed E-state index contributed by atoms with van der Waals surface area (Å²) in [6.07, 6.45) is 0.586. The molecule has 0 aliphatic carbocycles. The summed E-state index contributed by atoms with van der Waals surface area (Å²) in [7, 11) is 1.56. The molecule has 19 heavy (non-hydrogen) atoms. The van der Waals surface area contributed by atoms with Gasteiger partial charge in [-0.1, -0.05) is 19.9 Å². The third kappa shape index (κ3) is 4.65. The summed E-state index contributed by atoms with van der Waals surface area (Å²) in [5.74, 6) is -0.210. The first-order valence-electron chi connectivity index (χ1n) is 6.26. The molecule has 1 aromatic heterocycles. The van der Waals surface area contributed by atoms with Crippen LogP contribution in [0.15, 0.2) is 17.5 Å². The Balaban J connectivity index is 2.67. The Labute approximate surface area is 117 Å². The van der Waals surface area contributed by atoms with Crippen LogP contribution < -0.4 is 16.4 Å². The van der Waals surface area contributed by atoms with E-state index >= 15 is 0 Å². The number of nitrogens with one attached hydrogen (secondary N) is 2. The minimum absolute atomic E-state index is 0.194. The van der Waals surface area contributed by atoms with Crippen molar-refractivity contribution in [3.05, 3.63) is 22.4 Å². The molecule has 1 heterocycles. The summed E-state index contributed by atoms with van der Waals surface area (Å²) in [5, 5.41) is 7.14. The number of amides is 2. The van der Waals surface area contributed by atoms with Crippen molar-refractivity contribution in [3.63, 3.8) is 0 Å². The second-order valence-electron chi connectivity index (χ2n) is 4.80. The van der Waals surface area contributed by atoms with E-state index in [1.54, 1.807) is 7.05 Å². The van der Waals surface area contributed by atoms with Crippen LogP contribution in [0.25, 0.3) is 0 Å². The van der Waals surface area contributed by atoms with Crippen LogP contribution in [-0.4, -0.2) is 24.9 Å². The largest absolute Gasteiger partial charge is 0.357 e. The van der Waals surface area contributed by atoms with Crippen molar-refractivity contribution < 1.29 is 9.59 Å². The molecule has 5 nitrogen and oxygen atoms in total.